The van der Waals surface area contributed by atoms with Crippen molar-refractivity contribution in [3.8, 4) is 0 Å². The van der Waals surface area contributed by atoms with Crippen molar-refractivity contribution in [2.24, 2.45) is 7.05 Å². The number of aromatic nitrogens is 2. The fourth-order valence-corrected chi connectivity index (χ4v) is 3.48. The van der Waals surface area contributed by atoms with E-state index in [0.717, 1.165) is 50.8 Å². The van der Waals surface area contributed by atoms with E-state index in [1.54, 1.807) is 9.58 Å². The molecular weight excluding hydrogens is 280 g/mol. The third-order valence-corrected chi connectivity index (χ3v) is 4.68. The molecule has 1 aromatic rings. The van der Waals surface area contributed by atoms with Crippen LogP contribution in [0.4, 0.5) is 0 Å². The highest BCUT2D eigenvalue weighted by Gasteiger charge is 2.32. The summed E-state index contributed by atoms with van der Waals surface area (Å²) in [4.78, 5) is 28.4. The van der Waals surface area contributed by atoms with Gasteiger partial charge in [-0.05, 0) is 25.7 Å². The molecular formula is C16H24N4O2. The highest BCUT2D eigenvalue weighted by Crippen LogP contribution is 2.31. The Bertz CT molecular complexity index is 554. The Morgan fingerprint density at radius 2 is 2.14 bits per heavy atom. The van der Waals surface area contributed by atoms with Gasteiger partial charge < -0.3 is 9.80 Å². The third kappa shape index (κ3) is 3.15. The van der Waals surface area contributed by atoms with Crippen molar-refractivity contribution in [3.63, 3.8) is 0 Å². The van der Waals surface area contributed by atoms with Crippen LogP contribution >= 0.6 is 0 Å². The molecule has 3 heterocycles. The van der Waals surface area contributed by atoms with E-state index >= 15 is 0 Å². The summed E-state index contributed by atoms with van der Waals surface area (Å²) in [6, 6.07) is 0.114. The van der Waals surface area contributed by atoms with Gasteiger partial charge in [0.2, 0.25) is 11.8 Å². The molecule has 0 aromatic carbocycles. The minimum absolute atomic E-state index is 0.0709. The van der Waals surface area contributed by atoms with E-state index in [2.05, 4.69) is 5.10 Å². The predicted molar refractivity (Wildman–Crippen MR) is 81.9 cm³/mol. The van der Waals surface area contributed by atoms with Crippen LogP contribution in [0.3, 0.4) is 0 Å². The minimum atomic E-state index is 0.0709. The molecule has 3 rings (SSSR count). The third-order valence-electron chi connectivity index (χ3n) is 4.68. The second-order valence-electron chi connectivity index (χ2n) is 6.32. The van der Waals surface area contributed by atoms with Gasteiger partial charge in [0, 0.05) is 38.3 Å². The van der Waals surface area contributed by atoms with Gasteiger partial charge in [-0.2, -0.15) is 5.10 Å². The van der Waals surface area contributed by atoms with Gasteiger partial charge in [0.25, 0.3) is 0 Å². The Hall–Kier alpha value is -1.85. The summed E-state index contributed by atoms with van der Waals surface area (Å²) in [7, 11) is 1.89. The topological polar surface area (TPSA) is 58.4 Å². The molecule has 0 spiro atoms. The average molecular weight is 304 g/mol. The fourth-order valence-electron chi connectivity index (χ4n) is 3.48. The van der Waals surface area contributed by atoms with Gasteiger partial charge >= 0.3 is 0 Å². The van der Waals surface area contributed by atoms with Gasteiger partial charge in [-0.15, -0.1) is 0 Å². The first-order chi connectivity index (χ1) is 10.6. The first-order valence-corrected chi connectivity index (χ1v) is 8.21. The summed E-state index contributed by atoms with van der Waals surface area (Å²) < 4.78 is 1.77. The lowest BCUT2D eigenvalue weighted by Gasteiger charge is -2.27. The Morgan fingerprint density at radius 1 is 1.27 bits per heavy atom. The summed E-state index contributed by atoms with van der Waals surface area (Å²) in [5.41, 5.74) is 1.09. The smallest absolute Gasteiger partial charge is 0.242 e. The van der Waals surface area contributed by atoms with Crippen LogP contribution in [0.15, 0.2) is 12.4 Å². The first kappa shape index (κ1) is 15.1. The van der Waals surface area contributed by atoms with E-state index in [9.17, 15) is 9.59 Å². The highest BCUT2D eigenvalue weighted by molar-refractivity contribution is 5.85. The lowest BCUT2D eigenvalue weighted by Crippen LogP contribution is -2.42. The van der Waals surface area contributed by atoms with Crippen LogP contribution < -0.4 is 0 Å². The molecule has 1 atom stereocenters. The number of nitrogens with zero attached hydrogens (tertiary/aromatic N) is 4. The number of aryl methyl sites for hydroxylation is 1. The highest BCUT2D eigenvalue weighted by atomic mass is 16.2. The number of carbonyl (C=O) groups excluding carboxylic acids is 2. The standard InChI is InChI=1S/C16H24N4O2/c1-18-11-13(10-17-18)14-6-5-9-20(14)16(22)12-19-8-4-2-3-7-15(19)21/h10-11,14H,2-9,12H2,1H3/t14-/m1/s1. The second-order valence-corrected chi connectivity index (χ2v) is 6.32. The molecule has 120 valence electrons. The lowest BCUT2D eigenvalue weighted by atomic mass is 10.1. The van der Waals surface area contributed by atoms with Crippen LogP contribution in [0.5, 0.6) is 0 Å². The molecule has 0 N–H and O–H groups in total. The van der Waals surface area contributed by atoms with Crippen molar-refractivity contribution >= 4 is 11.8 Å². The summed E-state index contributed by atoms with van der Waals surface area (Å²) in [6.07, 6.45) is 9.43. The zero-order valence-corrected chi connectivity index (χ0v) is 13.2. The lowest BCUT2D eigenvalue weighted by molar-refractivity contribution is -0.140. The van der Waals surface area contributed by atoms with Gasteiger partial charge in [0.1, 0.15) is 0 Å². The van der Waals surface area contributed by atoms with Crippen LogP contribution in [-0.2, 0) is 16.6 Å². The largest absolute Gasteiger partial charge is 0.334 e. The van der Waals surface area contributed by atoms with Crippen molar-refractivity contribution < 1.29 is 9.59 Å². The molecule has 0 radical (unpaired) electrons. The van der Waals surface area contributed by atoms with E-state index < -0.39 is 0 Å². The molecule has 22 heavy (non-hydrogen) atoms. The van der Waals surface area contributed by atoms with E-state index in [0.29, 0.717) is 6.42 Å². The quantitative estimate of drug-likeness (QED) is 0.850. The van der Waals surface area contributed by atoms with Crippen LogP contribution in [0, 0.1) is 0 Å². The molecule has 0 aliphatic carbocycles. The Labute approximate surface area is 131 Å². The summed E-state index contributed by atoms with van der Waals surface area (Å²) in [5.74, 6) is 0.199. The zero-order chi connectivity index (χ0) is 15.5. The average Bonchev–Trinajstić information content (AvgIpc) is 3.09. The number of hydrogen-bond donors (Lipinski definition) is 0. The normalized spacial score (nSPS) is 23.0. The molecule has 1 aromatic heterocycles. The van der Waals surface area contributed by atoms with Crippen molar-refractivity contribution in [1.29, 1.82) is 0 Å². The maximum Gasteiger partial charge on any atom is 0.242 e. The molecule has 2 fully saturated rings. The predicted octanol–water partition coefficient (Wildman–Crippen LogP) is 1.49. The molecule has 2 aliphatic heterocycles. The van der Waals surface area contributed by atoms with Crippen molar-refractivity contribution in [2.75, 3.05) is 19.6 Å². The van der Waals surface area contributed by atoms with Crippen molar-refractivity contribution in [1.82, 2.24) is 19.6 Å². The Morgan fingerprint density at radius 3 is 2.91 bits per heavy atom. The number of amides is 2. The Kier molecular flexibility index (Phi) is 4.45. The van der Waals surface area contributed by atoms with Crippen LogP contribution in [0.2, 0.25) is 0 Å². The Balaban J connectivity index is 1.66. The van der Waals surface area contributed by atoms with Crippen molar-refractivity contribution in [2.45, 2.75) is 44.6 Å². The van der Waals surface area contributed by atoms with Gasteiger partial charge in [-0.25, -0.2) is 0 Å². The van der Waals surface area contributed by atoms with Gasteiger partial charge in [-0.1, -0.05) is 6.42 Å². The summed E-state index contributed by atoms with van der Waals surface area (Å²) >= 11 is 0. The van der Waals surface area contributed by atoms with Gasteiger partial charge in [0.05, 0.1) is 18.8 Å². The van der Waals surface area contributed by atoms with E-state index in [1.165, 1.54) is 0 Å². The van der Waals surface area contributed by atoms with Crippen molar-refractivity contribution in [3.05, 3.63) is 18.0 Å². The number of rotatable bonds is 3. The van der Waals surface area contributed by atoms with Gasteiger partial charge in [0.15, 0.2) is 0 Å². The molecule has 0 bridgehead atoms. The molecule has 2 saturated heterocycles. The number of carbonyl (C=O) groups is 2. The first-order valence-electron chi connectivity index (χ1n) is 8.21. The molecule has 0 saturated carbocycles. The molecule has 2 amide bonds. The summed E-state index contributed by atoms with van der Waals surface area (Å²) in [6.45, 7) is 1.73. The van der Waals surface area contributed by atoms with Crippen LogP contribution in [0.1, 0.15) is 50.1 Å². The fraction of sp³-hybridized carbons (Fsp3) is 0.688. The number of hydrogen-bond acceptors (Lipinski definition) is 3. The van der Waals surface area contributed by atoms with E-state index in [-0.39, 0.29) is 24.4 Å². The van der Waals surface area contributed by atoms with Crippen LogP contribution in [-0.4, -0.2) is 51.0 Å². The molecule has 2 aliphatic rings. The second kappa shape index (κ2) is 6.50. The molecule has 0 unspecified atom stereocenters. The monoisotopic (exact) mass is 304 g/mol. The SMILES string of the molecule is Cn1cc([C@H]2CCCN2C(=O)CN2CCCCCC2=O)cn1. The van der Waals surface area contributed by atoms with E-state index in [4.69, 9.17) is 0 Å². The van der Waals surface area contributed by atoms with Gasteiger partial charge in [-0.3, -0.25) is 14.3 Å². The summed E-state index contributed by atoms with van der Waals surface area (Å²) in [5, 5.41) is 4.21. The van der Waals surface area contributed by atoms with E-state index in [1.807, 2.05) is 24.3 Å². The maximum atomic E-state index is 12.7. The number of likely N-dealkylation sites (tertiary alicyclic amines) is 2. The molecule has 6 heteroatoms. The maximum absolute atomic E-state index is 12.7. The van der Waals surface area contributed by atoms with Crippen LogP contribution in [0.25, 0.3) is 0 Å². The molecule has 6 nitrogen and oxygen atoms in total. The zero-order valence-electron chi connectivity index (χ0n) is 13.2. The minimum Gasteiger partial charge on any atom is -0.334 e.